The zero-order valence-corrected chi connectivity index (χ0v) is 20.6. The Bertz CT molecular complexity index is 1130. The van der Waals surface area contributed by atoms with Gasteiger partial charge in [-0.05, 0) is 47.2 Å². The first-order valence-corrected chi connectivity index (χ1v) is 12.4. The van der Waals surface area contributed by atoms with Crippen LogP contribution in [0.15, 0.2) is 53.7 Å². The van der Waals surface area contributed by atoms with Gasteiger partial charge < -0.3 is 15.4 Å². The second-order valence-electron chi connectivity index (χ2n) is 8.35. The number of rotatable bonds is 9. The van der Waals surface area contributed by atoms with E-state index in [2.05, 4.69) is 55.3 Å². The predicted octanol–water partition coefficient (Wildman–Crippen LogP) is 2.05. The summed E-state index contributed by atoms with van der Waals surface area (Å²) in [6.45, 7) is 5.86. The third-order valence-electron chi connectivity index (χ3n) is 5.67. The summed E-state index contributed by atoms with van der Waals surface area (Å²) in [5.41, 5.74) is 3.39. The van der Waals surface area contributed by atoms with Gasteiger partial charge in [0.15, 0.2) is 0 Å². The van der Waals surface area contributed by atoms with Crippen molar-refractivity contribution in [3.05, 3.63) is 65.2 Å². The SMILES string of the molecule is Cc1ccc(C(CN2CCOCC2)NC(=O)c2ccc(NC(=O)CSc3nnnn3C)cc2)cc1. The largest absolute Gasteiger partial charge is 0.379 e. The fourth-order valence-electron chi connectivity index (χ4n) is 3.69. The molecule has 0 aliphatic carbocycles. The van der Waals surface area contributed by atoms with Crippen LogP contribution in [0.2, 0.25) is 0 Å². The van der Waals surface area contributed by atoms with Gasteiger partial charge in [0, 0.05) is 37.9 Å². The third-order valence-corrected chi connectivity index (χ3v) is 6.68. The maximum absolute atomic E-state index is 13.1. The van der Waals surface area contributed by atoms with Crippen LogP contribution in [0.25, 0.3) is 0 Å². The molecule has 184 valence electrons. The smallest absolute Gasteiger partial charge is 0.251 e. The van der Waals surface area contributed by atoms with Gasteiger partial charge in [-0.2, -0.15) is 0 Å². The summed E-state index contributed by atoms with van der Waals surface area (Å²) in [6.07, 6.45) is 0. The predicted molar refractivity (Wildman–Crippen MR) is 133 cm³/mol. The number of thioether (sulfide) groups is 1. The summed E-state index contributed by atoms with van der Waals surface area (Å²) in [5, 5.41) is 17.7. The molecule has 2 heterocycles. The Kier molecular flexibility index (Phi) is 8.45. The molecule has 11 heteroatoms. The highest BCUT2D eigenvalue weighted by molar-refractivity contribution is 7.99. The Hall–Kier alpha value is -3.28. The second-order valence-corrected chi connectivity index (χ2v) is 9.29. The van der Waals surface area contributed by atoms with Crippen LogP contribution in [0.1, 0.15) is 27.5 Å². The van der Waals surface area contributed by atoms with Crippen LogP contribution in [0.4, 0.5) is 5.69 Å². The fourth-order valence-corrected chi connectivity index (χ4v) is 4.34. The molecule has 0 spiro atoms. The molecule has 4 rings (SSSR count). The number of hydrogen-bond acceptors (Lipinski definition) is 8. The number of amides is 2. The summed E-state index contributed by atoms with van der Waals surface area (Å²) in [4.78, 5) is 27.6. The highest BCUT2D eigenvalue weighted by Crippen LogP contribution is 2.19. The molecule has 1 aliphatic heterocycles. The van der Waals surface area contributed by atoms with Gasteiger partial charge in [-0.15, -0.1) is 5.10 Å². The highest BCUT2D eigenvalue weighted by Gasteiger charge is 2.21. The molecule has 1 aromatic heterocycles. The standard InChI is InChI=1S/C24H29N7O3S/c1-17-3-5-18(6-4-17)21(15-31-11-13-34-14-12-31)26-23(33)19-7-9-20(10-8-19)25-22(32)16-35-24-27-28-29-30(24)2/h3-10,21H,11-16H2,1-2H3,(H,25,32)(H,26,33). The van der Waals surface area contributed by atoms with Crippen molar-refractivity contribution in [2.24, 2.45) is 7.05 Å². The topological polar surface area (TPSA) is 114 Å². The number of benzene rings is 2. The minimum atomic E-state index is -0.180. The van der Waals surface area contributed by atoms with Crippen molar-refractivity contribution in [3.63, 3.8) is 0 Å². The van der Waals surface area contributed by atoms with E-state index in [1.54, 1.807) is 31.3 Å². The van der Waals surface area contributed by atoms with E-state index in [0.717, 1.165) is 18.7 Å². The molecule has 1 aliphatic rings. The first-order valence-electron chi connectivity index (χ1n) is 11.4. The molecule has 10 nitrogen and oxygen atoms in total. The van der Waals surface area contributed by atoms with E-state index in [0.29, 0.717) is 36.2 Å². The average Bonchev–Trinajstić information content (AvgIpc) is 3.28. The minimum absolute atomic E-state index is 0.146. The van der Waals surface area contributed by atoms with Crippen molar-refractivity contribution in [3.8, 4) is 0 Å². The first-order chi connectivity index (χ1) is 17.0. The van der Waals surface area contributed by atoms with E-state index in [1.165, 1.54) is 22.0 Å². The molecular formula is C24H29N7O3S. The lowest BCUT2D eigenvalue weighted by Crippen LogP contribution is -2.43. The number of tetrazole rings is 1. The van der Waals surface area contributed by atoms with Crippen molar-refractivity contribution >= 4 is 29.3 Å². The van der Waals surface area contributed by atoms with E-state index in [-0.39, 0.29) is 23.6 Å². The quantitative estimate of drug-likeness (QED) is 0.434. The van der Waals surface area contributed by atoms with Gasteiger partial charge in [0.1, 0.15) is 0 Å². The zero-order valence-electron chi connectivity index (χ0n) is 19.8. The molecule has 1 saturated heterocycles. The number of ether oxygens (including phenoxy) is 1. The summed E-state index contributed by atoms with van der Waals surface area (Å²) < 4.78 is 6.97. The normalized spacial score (nSPS) is 14.9. The highest BCUT2D eigenvalue weighted by atomic mass is 32.2. The molecule has 2 aromatic carbocycles. The number of anilines is 1. The van der Waals surface area contributed by atoms with Crippen molar-refractivity contribution in [2.75, 3.05) is 43.9 Å². The van der Waals surface area contributed by atoms with E-state index in [9.17, 15) is 9.59 Å². The van der Waals surface area contributed by atoms with Crippen LogP contribution in [0, 0.1) is 6.92 Å². The lowest BCUT2D eigenvalue weighted by atomic mass is 10.0. The van der Waals surface area contributed by atoms with Crippen LogP contribution >= 0.6 is 11.8 Å². The molecule has 1 unspecified atom stereocenters. The Labute approximate surface area is 208 Å². The summed E-state index contributed by atoms with van der Waals surface area (Å²) in [5.74, 6) is -0.164. The van der Waals surface area contributed by atoms with Crippen LogP contribution < -0.4 is 10.6 Å². The second kappa shape index (κ2) is 11.9. The van der Waals surface area contributed by atoms with Crippen molar-refractivity contribution in [1.29, 1.82) is 0 Å². The molecule has 0 saturated carbocycles. The monoisotopic (exact) mass is 495 g/mol. The Morgan fingerprint density at radius 1 is 1.09 bits per heavy atom. The van der Waals surface area contributed by atoms with Gasteiger partial charge in [0.25, 0.3) is 5.91 Å². The van der Waals surface area contributed by atoms with E-state index >= 15 is 0 Å². The number of nitrogens with one attached hydrogen (secondary N) is 2. The zero-order chi connectivity index (χ0) is 24.6. The number of aryl methyl sites for hydroxylation is 2. The number of hydrogen-bond donors (Lipinski definition) is 2. The van der Waals surface area contributed by atoms with Gasteiger partial charge in [-0.1, -0.05) is 41.6 Å². The van der Waals surface area contributed by atoms with Crippen molar-refractivity contribution < 1.29 is 14.3 Å². The van der Waals surface area contributed by atoms with Gasteiger partial charge >= 0.3 is 0 Å². The van der Waals surface area contributed by atoms with Crippen LogP contribution in [0.5, 0.6) is 0 Å². The first kappa shape index (κ1) is 24.8. The van der Waals surface area contributed by atoms with Crippen LogP contribution in [-0.2, 0) is 16.6 Å². The number of carbonyl (C=O) groups is 2. The number of morpholine rings is 1. The molecule has 1 fully saturated rings. The summed E-state index contributed by atoms with van der Waals surface area (Å²) >= 11 is 1.25. The lowest BCUT2D eigenvalue weighted by molar-refractivity contribution is -0.113. The molecule has 1 atom stereocenters. The third kappa shape index (κ3) is 7.10. The van der Waals surface area contributed by atoms with Crippen molar-refractivity contribution in [2.45, 2.75) is 18.1 Å². The van der Waals surface area contributed by atoms with Gasteiger partial charge in [-0.3, -0.25) is 14.5 Å². The number of aromatic nitrogens is 4. The minimum Gasteiger partial charge on any atom is -0.379 e. The average molecular weight is 496 g/mol. The van der Waals surface area contributed by atoms with Crippen LogP contribution in [0.3, 0.4) is 0 Å². The maximum atomic E-state index is 13.1. The van der Waals surface area contributed by atoms with E-state index < -0.39 is 0 Å². The maximum Gasteiger partial charge on any atom is 0.251 e. The molecule has 2 amide bonds. The molecule has 35 heavy (non-hydrogen) atoms. The number of nitrogens with zero attached hydrogens (tertiary/aromatic N) is 5. The van der Waals surface area contributed by atoms with Gasteiger partial charge in [-0.25, -0.2) is 4.68 Å². The molecule has 2 N–H and O–H groups in total. The Balaban J connectivity index is 1.36. The van der Waals surface area contributed by atoms with E-state index in [4.69, 9.17) is 4.74 Å². The fraction of sp³-hybridized carbons (Fsp3) is 0.375. The summed E-state index contributed by atoms with van der Waals surface area (Å²) in [7, 11) is 1.72. The Morgan fingerprint density at radius 3 is 2.46 bits per heavy atom. The lowest BCUT2D eigenvalue weighted by Gasteiger charge is -2.31. The van der Waals surface area contributed by atoms with Gasteiger partial charge in [0.2, 0.25) is 11.1 Å². The van der Waals surface area contributed by atoms with Crippen LogP contribution in [-0.4, -0.2) is 75.5 Å². The number of carbonyl (C=O) groups excluding carboxylic acids is 2. The van der Waals surface area contributed by atoms with Crippen molar-refractivity contribution in [1.82, 2.24) is 30.4 Å². The molecule has 0 bridgehead atoms. The van der Waals surface area contributed by atoms with Gasteiger partial charge in [0.05, 0.1) is 25.0 Å². The molecule has 3 aromatic rings. The summed E-state index contributed by atoms with van der Waals surface area (Å²) in [6, 6.07) is 15.0. The molecular weight excluding hydrogens is 466 g/mol. The Morgan fingerprint density at radius 2 is 1.80 bits per heavy atom. The molecule has 0 radical (unpaired) electrons. The van der Waals surface area contributed by atoms with E-state index in [1.807, 2.05) is 6.92 Å².